The van der Waals surface area contributed by atoms with Crippen molar-refractivity contribution in [3.05, 3.63) is 29.3 Å². The Morgan fingerprint density at radius 2 is 1.95 bits per heavy atom. The van der Waals surface area contributed by atoms with E-state index < -0.39 is 27.4 Å². The Kier molecular flexibility index (Phi) is 7.35. The Morgan fingerprint density at radius 1 is 1.45 bits per heavy atom. The number of aromatic carboxylic acids is 1. The Labute approximate surface area is 119 Å². The van der Waals surface area contributed by atoms with E-state index in [4.69, 9.17) is 9.66 Å². The molecule has 0 aliphatic rings. The summed E-state index contributed by atoms with van der Waals surface area (Å²) < 4.78 is 49.5. The molecule has 1 aromatic carbocycles. The number of anilines is 1. The lowest BCUT2D eigenvalue weighted by atomic mass is 10.1. The van der Waals surface area contributed by atoms with E-state index in [9.17, 15) is 22.0 Å². The number of carbonyl (C=O) groups is 1. The second kappa shape index (κ2) is 7.94. The topological polar surface area (TPSA) is 144 Å². The van der Waals surface area contributed by atoms with Gasteiger partial charge >= 0.3 is 5.97 Å². The van der Waals surface area contributed by atoms with Crippen molar-refractivity contribution in [1.82, 2.24) is 0 Å². The van der Waals surface area contributed by atoms with E-state index in [0.29, 0.717) is 5.56 Å². The molecule has 0 fully saturated rings. The summed E-state index contributed by atoms with van der Waals surface area (Å²) in [5, 5.41) is 8.74. The molecule has 0 saturated carbocycles. The van der Waals surface area contributed by atoms with Gasteiger partial charge in [-0.15, -0.1) is 0 Å². The highest BCUT2D eigenvalue weighted by atomic mass is 32.2. The zero-order valence-electron chi connectivity index (χ0n) is 10.7. The van der Waals surface area contributed by atoms with Crippen LogP contribution in [0.1, 0.15) is 22.8 Å². The zero-order chi connectivity index (χ0) is 15.9. The van der Waals surface area contributed by atoms with Crippen molar-refractivity contribution in [3.8, 4) is 0 Å². The van der Waals surface area contributed by atoms with Crippen molar-refractivity contribution in [3.63, 3.8) is 0 Å². The van der Waals surface area contributed by atoms with Gasteiger partial charge in [-0.2, -0.15) is 8.42 Å². The molecule has 0 heterocycles. The first-order chi connectivity index (χ1) is 9.06. The van der Waals surface area contributed by atoms with Gasteiger partial charge in [0.25, 0.3) is 10.1 Å². The number of benzene rings is 1. The smallest absolute Gasteiger partial charge is 0.336 e. The number of carboxylic acids is 1. The number of hydrogen-bond acceptors (Lipinski definition) is 5. The van der Waals surface area contributed by atoms with E-state index in [2.05, 4.69) is 4.72 Å². The molecular formula is C10H14NO7S2-. The Balaban J connectivity index is 0.000000511. The molecule has 8 nitrogen and oxygen atoms in total. The molecular weight excluding hydrogens is 310 g/mol. The van der Waals surface area contributed by atoms with Crippen molar-refractivity contribution in [2.24, 2.45) is 0 Å². The minimum atomic E-state index is -3.66. The van der Waals surface area contributed by atoms with E-state index >= 15 is 0 Å². The van der Waals surface area contributed by atoms with Crippen LogP contribution in [-0.2, 0) is 21.4 Å². The number of aryl methyl sites for hydroxylation is 1. The fraction of sp³-hybridized carbons (Fsp3) is 0.300. The van der Waals surface area contributed by atoms with Crippen molar-refractivity contribution < 1.29 is 31.6 Å². The standard InChI is InChI=1S/C8H9NO4S.C2H6O3S/c1-5-2-3-6(9-14(12)13)4-7(5)8(10)11;1-2-6(3,4)5/h2-4,9H,1H3,(H,10,11)(H,12,13);2H2,1H3,(H,3,4,5)/p-1. The first kappa shape index (κ1) is 18.5. The average Bonchev–Trinajstić information content (AvgIpc) is 2.30. The van der Waals surface area contributed by atoms with E-state index in [1.165, 1.54) is 19.1 Å². The molecule has 1 rings (SSSR count). The Hall–Kier alpha value is -1.49. The highest BCUT2D eigenvalue weighted by Crippen LogP contribution is 2.15. The maximum atomic E-state index is 10.7. The maximum absolute atomic E-state index is 10.7. The van der Waals surface area contributed by atoms with E-state index in [-0.39, 0.29) is 17.0 Å². The summed E-state index contributed by atoms with van der Waals surface area (Å²) in [5.74, 6) is -1.28. The number of nitrogens with one attached hydrogen (secondary N) is 1. The molecule has 0 saturated heterocycles. The van der Waals surface area contributed by atoms with Crippen LogP contribution in [0.2, 0.25) is 0 Å². The predicted molar refractivity (Wildman–Crippen MR) is 72.8 cm³/mol. The molecule has 0 radical (unpaired) electrons. The van der Waals surface area contributed by atoms with E-state index in [0.717, 1.165) is 0 Å². The summed E-state index contributed by atoms with van der Waals surface area (Å²) in [6.45, 7) is 3.01. The Morgan fingerprint density at radius 3 is 2.30 bits per heavy atom. The molecule has 0 bridgehead atoms. The molecule has 20 heavy (non-hydrogen) atoms. The molecule has 0 aliphatic heterocycles. The molecule has 1 atom stereocenters. The molecule has 0 aromatic heterocycles. The normalized spacial score (nSPS) is 12.0. The lowest BCUT2D eigenvalue weighted by molar-refractivity contribution is 0.0696. The van der Waals surface area contributed by atoms with Crippen LogP contribution < -0.4 is 4.72 Å². The summed E-state index contributed by atoms with van der Waals surface area (Å²) in [6, 6.07) is 4.31. The molecule has 114 valence electrons. The van der Waals surface area contributed by atoms with E-state index in [1.807, 2.05) is 0 Å². The van der Waals surface area contributed by atoms with Gasteiger partial charge in [-0.05, 0) is 31.5 Å². The van der Waals surface area contributed by atoms with Gasteiger partial charge in [-0.3, -0.25) is 8.76 Å². The van der Waals surface area contributed by atoms with Gasteiger partial charge in [-0.25, -0.2) is 4.79 Å². The third-order valence-corrected chi connectivity index (χ3v) is 3.17. The molecule has 1 unspecified atom stereocenters. The molecule has 0 aliphatic carbocycles. The van der Waals surface area contributed by atoms with Gasteiger partial charge in [-0.1, -0.05) is 6.07 Å². The van der Waals surface area contributed by atoms with Gasteiger partial charge < -0.3 is 14.4 Å². The second-order valence-corrected chi connectivity index (χ2v) is 5.96. The predicted octanol–water partition coefficient (Wildman–Crippen LogP) is 0.793. The fourth-order valence-electron chi connectivity index (χ4n) is 1.01. The highest BCUT2D eigenvalue weighted by Gasteiger charge is 2.07. The summed E-state index contributed by atoms with van der Waals surface area (Å²) in [4.78, 5) is 10.7. The van der Waals surface area contributed by atoms with Crippen molar-refractivity contribution >= 4 is 33.0 Å². The highest BCUT2D eigenvalue weighted by molar-refractivity contribution is 7.85. The summed E-state index contributed by atoms with van der Waals surface area (Å²) in [6.07, 6.45) is 0. The summed E-state index contributed by atoms with van der Waals surface area (Å²) in [5.41, 5.74) is 0.904. The van der Waals surface area contributed by atoms with E-state index in [1.54, 1.807) is 13.0 Å². The summed E-state index contributed by atoms with van der Waals surface area (Å²) in [7, 11) is -3.66. The minimum absolute atomic E-state index is 0.0838. The van der Waals surface area contributed by atoms with Crippen LogP contribution in [0.3, 0.4) is 0 Å². The first-order valence-electron chi connectivity index (χ1n) is 5.21. The second-order valence-electron chi connectivity index (χ2n) is 3.54. The molecule has 1 aromatic rings. The zero-order valence-corrected chi connectivity index (χ0v) is 12.3. The average molecular weight is 324 g/mol. The summed E-state index contributed by atoms with van der Waals surface area (Å²) >= 11 is -2.44. The number of carboxylic acid groups (broad SMARTS) is 1. The van der Waals surface area contributed by atoms with Crippen LogP contribution in [-0.4, -0.2) is 38.6 Å². The molecule has 3 N–H and O–H groups in total. The lowest BCUT2D eigenvalue weighted by Gasteiger charge is -2.09. The van der Waals surface area contributed by atoms with Crippen molar-refractivity contribution in [2.45, 2.75) is 13.8 Å². The minimum Gasteiger partial charge on any atom is -0.755 e. The molecule has 10 heteroatoms. The van der Waals surface area contributed by atoms with Gasteiger partial charge in [0.15, 0.2) is 0 Å². The largest absolute Gasteiger partial charge is 0.755 e. The Bertz CT molecular complexity index is 598. The van der Waals surface area contributed by atoms with Crippen LogP contribution in [0.15, 0.2) is 18.2 Å². The van der Waals surface area contributed by atoms with Gasteiger partial charge in [0, 0.05) is 17.0 Å². The van der Waals surface area contributed by atoms with Crippen molar-refractivity contribution in [1.29, 1.82) is 0 Å². The van der Waals surface area contributed by atoms with Crippen molar-refractivity contribution in [2.75, 3.05) is 10.5 Å². The third-order valence-electron chi connectivity index (χ3n) is 2.03. The monoisotopic (exact) mass is 324 g/mol. The van der Waals surface area contributed by atoms with Crippen LogP contribution >= 0.6 is 0 Å². The van der Waals surface area contributed by atoms with Crippen LogP contribution in [0.5, 0.6) is 0 Å². The lowest BCUT2D eigenvalue weighted by Crippen LogP contribution is -2.05. The van der Waals surface area contributed by atoms with Gasteiger partial charge in [0.2, 0.25) is 0 Å². The maximum Gasteiger partial charge on any atom is 0.336 e. The van der Waals surface area contributed by atoms with Crippen LogP contribution in [0.25, 0.3) is 0 Å². The quantitative estimate of drug-likeness (QED) is 0.548. The number of rotatable bonds is 4. The SMILES string of the molecule is CCS(=O)(=O)O.Cc1ccc(NS(=O)[O-])cc1C(=O)O. The van der Waals surface area contributed by atoms with Gasteiger partial charge in [0.05, 0.1) is 11.3 Å². The fourth-order valence-corrected chi connectivity index (χ4v) is 1.33. The number of hydrogen-bond donors (Lipinski definition) is 3. The van der Waals surface area contributed by atoms with Crippen LogP contribution in [0, 0.1) is 6.92 Å². The third kappa shape index (κ3) is 7.84. The van der Waals surface area contributed by atoms with Crippen LogP contribution in [0.4, 0.5) is 5.69 Å². The van der Waals surface area contributed by atoms with Gasteiger partial charge in [0.1, 0.15) is 0 Å². The molecule has 0 spiro atoms. The molecule has 0 amide bonds. The first-order valence-corrected chi connectivity index (χ1v) is 7.90.